The molecule has 0 spiro atoms. The van der Waals surface area contributed by atoms with Crippen LogP contribution in [0.2, 0.25) is 0 Å². The molecule has 2 rings (SSSR count). The van der Waals surface area contributed by atoms with Crippen LogP contribution >= 0.6 is 11.5 Å². The second kappa shape index (κ2) is 4.58. The minimum absolute atomic E-state index is 0.319. The normalized spacial score (nSPS) is 10.3. The van der Waals surface area contributed by atoms with E-state index in [2.05, 4.69) is 14.9 Å². The van der Waals surface area contributed by atoms with Crippen molar-refractivity contribution in [2.45, 2.75) is 13.8 Å². The molecule has 0 saturated heterocycles. The van der Waals surface area contributed by atoms with E-state index in [0.717, 1.165) is 11.5 Å². The van der Waals surface area contributed by atoms with Crippen molar-refractivity contribution in [1.82, 2.24) is 9.59 Å². The van der Waals surface area contributed by atoms with Crippen LogP contribution in [0, 0.1) is 19.7 Å². The summed E-state index contributed by atoms with van der Waals surface area (Å²) in [5.74, 6) is -0.664. The van der Waals surface area contributed by atoms with Crippen LogP contribution in [0.25, 0.3) is 0 Å². The van der Waals surface area contributed by atoms with Crippen molar-refractivity contribution in [3.8, 4) is 0 Å². The molecule has 4 nitrogen and oxygen atoms in total. The largest absolute Gasteiger partial charge is 0.321 e. The van der Waals surface area contributed by atoms with Crippen molar-refractivity contribution < 1.29 is 9.18 Å². The predicted octanol–water partition coefficient (Wildman–Crippen LogP) is 2.55. The van der Waals surface area contributed by atoms with E-state index in [9.17, 15) is 9.18 Å². The average Bonchev–Trinajstić information content (AvgIpc) is 2.70. The van der Waals surface area contributed by atoms with Gasteiger partial charge in [-0.2, -0.15) is 0 Å². The van der Waals surface area contributed by atoms with Crippen LogP contribution in [0.5, 0.6) is 0 Å². The molecule has 0 atom stereocenters. The van der Waals surface area contributed by atoms with E-state index in [1.165, 1.54) is 6.07 Å². The van der Waals surface area contributed by atoms with Gasteiger partial charge in [0.05, 0.1) is 5.69 Å². The number of halogens is 1. The Morgan fingerprint density at radius 2 is 2.18 bits per heavy atom. The van der Waals surface area contributed by atoms with E-state index in [4.69, 9.17) is 0 Å². The lowest BCUT2D eigenvalue weighted by atomic mass is 10.2. The number of rotatable bonds is 2. The Labute approximate surface area is 102 Å². The summed E-state index contributed by atoms with van der Waals surface area (Å²) in [5, 5.41) is 6.35. The highest BCUT2D eigenvalue weighted by atomic mass is 32.1. The molecule has 1 amide bonds. The molecular weight excluding hydrogens is 241 g/mol. The second-order valence-corrected chi connectivity index (χ2v) is 4.36. The van der Waals surface area contributed by atoms with Crippen LogP contribution in [0.4, 0.5) is 10.1 Å². The molecule has 0 aliphatic heterocycles. The molecule has 0 unspecified atom stereocenters. The Hall–Kier alpha value is -1.82. The SMILES string of the molecule is Cc1ccc(NC(=O)c2snnc2C)cc1F. The highest BCUT2D eigenvalue weighted by Crippen LogP contribution is 2.16. The molecule has 0 saturated carbocycles. The van der Waals surface area contributed by atoms with E-state index in [1.807, 2.05) is 0 Å². The van der Waals surface area contributed by atoms with Gasteiger partial charge in [0.25, 0.3) is 5.91 Å². The van der Waals surface area contributed by atoms with Crippen molar-refractivity contribution in [3.63, 3.8) is 0 Å². The standard InChI is InChI=1S/C11H10FN3OS/c1-6-3-4-8(5-9(6)12)13-11(16)10-7(2)14-15-17-10/h3-5H,1-2H3,(H,13,16). The Bertz CT molecular complexity index is 568. The third kappa shape index (κ3) is 2.47. The zero-order chi connectivity index (χ0) is 12.4. The summed E-state index contributed by atoms with van der Waals surface area (Å²) in [6.45, 7) is 3.37. The summed E-state index contributed by atoms with van der Waals surface area (Å²) in [7, 11) is 0. The zero-order valence-electron chi connectivity index (χ0n) is 9.32. The molecule has 0 radical (unpaired) electrons. The lowest BCUT2D eigenvalue weighted by Gasteiger charge is -2.04. The summed E-state index contributed by atoms with van der Waals surface area (Å²) >= 11 is 1.02. The number of hydrogen-bond acceptors (Lipinski definition) is 4. The maximum absolute atomic E-state index is 13.3. The summed E-state index contributed by atoms with van der Waals surface area (Å²) in [5.41, 5.74) is 1.53. The van der Waals surface area contributed by atoms with Gasteiger partial charge in [0.1, 0.15) is 10.7 Å². The molecule has 0 fully saturated rings. The van der Waals surface area contributed by atoms with E-state index in [0.29, 0.717) is 21.8 Å². The van der Waals surface area contributed by atoms with Crippen molar-refractivity contribution in [2.75, 3.05) is 5.32 Å². The number of aryl methyl sites for hydroxylation is 2. The Morgan fingerprint density at radius 1 is 1.41 bits per heavy atom. The number of aromatic nitrogens is 2. The van der Waals surface area contributed by atoms with Crippen LogP contribution in [-0.4, -0.2) is 15.5 Å². The van der Waals surface area contributed by atoms with Gasteiger partial charge in [0, 0.05) is 5.69 Å². The van der Waals surface area contributed by atoms with Crippen molar-refractivity contribution in [1.29, 1.82) is 0 Å². The molecule has 1 aromatic heterocycles. The van der Waals surface area contributed by atoms with Gasteiger partial charge in [-0.05, 0) is 43.1 Å². The van der Waals surface area contributed by atoms with Gasteiger partial charge in [-0.15, -0.1) is 5.10 Å². The highest BCUT2D eigenvalue weighted by molar-refractivity contribution is 7.08. The number of carbonyl (C=O) groups excluding carboxylic acids is 1. The van der Waals surface area contributed by atoms with Gasteiger partial charge in [-0.1, -0.05) is 10.6 Å². The molecule has 1 heterocycles. The molecule has 2 aromatic rings. The molecule has 17 heavy (non-hydrogen) atoms. The number of nitrogens with zero attached hydrogens (tertiary/aromatic N) is 2. The van der Waals surface area contributed by atoms with Gasteiger partial charge in [-0.25, -0.2) is 4.39 Å². The lowest BCUT2D eigenvalue weighted by molar-refractivity contribution is 0.103. The van der Waals surface area contributed by atoms with E-state index in [-0.39, 0.29) is 11.7 Å². The molecule has 0 aliphatic carbocycles. The number of amides is 1. The highest BCUT2D eigenvalue weighted by Gasteiger charge is 2.13. The van der Waals surface area contributed by atoms with Gasteiger partial charge < -0.3 is 5.32 Å². The maximum atomic E-state index is 13.3. The fourth-order valence-corrected chi connectivity index (χ4v) is 1.85. The summed E-state index contributed by atoms with van der Waals surface area (Å²) < 4.78 is 17.0. The molecule has 6 heteroatoms. The topological polar surface area (TPSA) is 54.9 Å². The molecule has 1 N–H and O–H groups in total. The summed E-state index contributed by atoms with van der Waals surface area (Å²) in [4.78, 5) is 12.2. The molecule has 1 aromatic carbocycles. The first-order chi connectivity index (χ1) is 8.08. The van der Waals surface area contributed by atoms with Gasteiger partial charge in [-0.3, -0.25) is 4.79 Å². The first-order valence-electron chi connectivity index (χ1n) is 4.94. The van der Waals surface area contributed by atoms with Crippen LogP contribution < -0.4 is 5.32 Å². The minimum Gasteiger partial charge on any atom is -0.321 e. The first kappa shape index (κ1) is 11.7. The molecule has 0 aliphatic rings. The maximum Gasteiger partial charge on any atom is 0.269 e. The molecular formula is C11H10FN3OS. The van der Waals surface area contributed by atoms with Crippen LogP contribution in [-0.2, 0) is 0 Å². The van der Waals surface area contributed by atoms with Gasteiger partial charge >= 0.3 is 0 Å². The number of hydrogen-bond donors (Lipinski definition) is 1. The van der Waals surface area contributed by atoms with E-state index in [1.54, 1.807) is 26.0 Å². The van der Waals surface area contributed by atoms with E-state index >= 15 is 0 Å². The second-order valence-electron chi connectivity index (χ2n) is 3.61. The fourth-order valence-electron chi connectivity index (χ4n) is 1.30. The summed E-state index contributed by atoms with van der Waals surface area (Å²) in [6.07, 6.45) is 0. The van der Waals surface area contributed by atoms with Crippen molar-refractivity contribution in [2.24, 2.45) is 0 Å². The Balaban J connectivity index is 2.19. The zero-order valence-corrected chi connectivity index (χ0v) is 10.1. The molecule has 0 bridgehead atoms. The monoisotopic (exact) mass is 251 g/mol. The number of anilines is 1. The average molecular weight is 251 g/mol. The predicted molar refractivity (Wildman–Crippen MR) is 63.7 cm³/mol. The van der Waals surface area contributed by atoms with Crippen molar-refractivity contribution in [3.05, 3.63) is 40.2 Å². The smallest absolute Gasteiger partial charge is 0.269 e. The first-order valence-corrected chi connectivity index (χ1v) is 5.71. The van der Waals surface area contributed by atoms with Crippen LogP contribution in [0.1, 0.15) is 20.9 Å². The number of benzene rings is 1. The third-order valence-electron chi connectivity index (χ3n) is 2.29. The number of carbonyl (C=O) groups is 1. The number of nitrogens with one attached hydrogen (secondary N) is 1. The minimum atomic E-state index is -0.345. The van der Waals surface area contributed by atoms with Crippen LogP contribution in [0.15, 0.2) is 18.2 Å². The quantitative estimate of drug-likeness (QED) is 0.892. The lowest BCUT2D eigenvalue weighted by Crippen LogP contribution is -2.11. The van der Waals surface area contributed by atoms with Crippen LogP contribution in [0.3, 0.4) is 0 Å². The van der Waals surface area contributed by atoms with Crippen molar-refractivity contribution >= 4 is 23.1 Å². The Morgan fingerprint density at radius 3 is 2.76 bits per heavy atom. The fraction of sp³-hybridized carbons (Fsp3) is 0.182. The van der Waals surface area contributed by atoms with E-state index < -0.39 is 0 Å². The third-order valence-corrected chi connectivity index (χ3v) is 3.11. The summed E-state index contributed by atoms with van der Waals surface area (Å²) in [6, 6.07) is 4.56. The van der Waals surface area contributed by atoms with Gasteiger partial charge in [0.2, 0.25) is 0 Å². The Kier molecular flexibility index (Phi) is 3.14. The van der Waals surface area contributed by atoms with Gasteiger partial charge in [0.15, 0.2) is 0 Å². The molecule has 88 valence electrons.